The molecule has 1 aromatic heterocycles. The number of benzene rings is 3. The lowest BCUT2D eigenvalue weighted by molar-refractivity contribution is -0.173. The van der Waals surface area contributed by atoms with Crippen LogP contribution < -0.4 is 26.6 Å². The maximum Gasteiger partial charge on any atom is 0.471 e. The van der Waals surface area contributed by atoms with Crippen molar-refractivity contribution in [1.29, 1.82) is 5.26 Å². The summed E-state index contributed by atoms with van der Waals surface area (Å²) in [4.78, 5) is 52.4. The molecule has 4 aromatic rings. The number of amides is 2. The fraction of sp³-hybridized carbons (Fsp3) is 0.432. The zero-order chi connectivity index (χ0) is 47.4. The number of H-pyrrole nitrogens is 1. The fourth-order valence-electron chi connectivity index (χ4n) is 7.50. The molecule has 350 valence electrons. The molecule has 3 N–H and O–H groups in total. The predicted molar refractivity (Wildman–Crippen MR) is 230 cm³/mol. The van der Waals surface area contributed by atoms with Crippen molar-refractivity contribution in [3.05, 3.63) is 135 Å². The molecule has 0 aliphatic carbocycles. The number of rotatable bonds is 22. The highest BCUT2D eigenvalue weighted by molar-refractivity contribution is 7.51. The molecular weight excluding hydrogens is 876 g/mol. The van der Waals surface area contributed by atoms with E-state index in [1.54, 1.807) is 45.1 Å². The highest BCUT2D eigenvalue weighted by Crippen LogP contribution is 2.58. The van der Waals surface area contributed by atoms with Gasteiger partial charge in [0.25, 0.3) is 5.56 Å². The van der Waals surface area contributed by atoms with Crippen LogP contribution in [-0.4, -0.2) is 103 Å². The molecule has 1 fully saturated rings. The molecule has 2 heterocycles. The summed E-state index contributed by atoms with van der Waals surface area (Å²) in [5, 5.41) is 13.4. The van der Waals surface area contributed by atoms with E-state index in [-0.39, 0.29) is 19.6 Å². The second kappa shape index (κ2) is 22.5. The minimum absolute atomic E-state index is 0.164. The quantitative estimate of drug-likeness (QED) is 0.0528. The lowest BCUT2D eigenvalue weighted by Gasteiger charge is -2.39. The largest absolute Gasteiger partial charge is 0.497 e. The first-order chi connectivity index (χ1) is 30.9. The first-order valence-corrected chi connectivity index (χ1v) is 22.1. The van der Waals surface area contributed by atoms with Crippen molar-refractivity contribution in [2.75, 3.05) is 40.0 Å². The number of carbonyl (C=O) groups excluding carboxylic acids is 2. The molecule has 1 aliphatic heterocycles. The molecule has 0 spiro atoms. The maximum atomic E-state index is 15.3. The number of hydrogen-bond donors (Lipinski definition) is 3. The van der Waals surface area contributed by atoms with E-state index in [1.807, 2.05) is 78.9 Å². The molecule has 17 nitrogen and oxygen atoms in total. The third kappa shape index (κ3) is 12.4. The number of nitriles is 1. The zero-order valence-corrected chi connectivity index (χ0v) is 37.3. The van der Waals surface area contributed by atoms with Crippen LogP contribution in [0.4, 0.5) is 13.2 Å². The first-order valence-electron chi connectivity index (χ1n) is 20.6. The molecule has 21 heteroatoms. The second-order valence-electron chi connectivity index (χ2n) is 15.3. The summed E-state index contributed by atoms with van der Waals surface area (Å²) < 4.78 is 93.9. The van der Waals surface area contributed by atoms with Gasteiger partial charge in [-0.05, 0) is 56.5 Å². The van der Waals surface area contributed by atoms with E-state index in [9.17, 15) is 37.6 Å². The number of aromatic amines is 1. The molecule has 3 unspecified atom stereocenters. The van der Waals surface area contributed by atoms with E-state index >= 15 is 4.57 Å². The summed E-state index contributed by atoms with van der Waals surface area (Å²) in [6, 6.07) is 27.9. The van der Waals surface area contributed by atoms with Crippen molar-refractivity contribution < 1.29 is 55.3 Å². The number of carbonyl (C=O) groups is 2. The molecule has 5 atom stereocenters. The van der Waals surface area contributed by atoms with Crippen LogP contribution in [0, 0.1) is 11.3 Å². The molecule has 2 amide bonds. The van der Waals surface area contributed by atoms with E-state index in [4.69, 9.17) is 28.0 Å². The van der Waals surface area contributed by atoms with Gasteiger partial charge in [0.15, 0.2) is 6.23 Å². The molecule has 65 heavy (non-hydrogen) atoms. The van der Waals surface area contributed by atoms with Gasteiger partial charge in [0, 0.05) is 37.4 Å². The predicted octanol–water partition coefficient (Wildman–Crippen LogP) is 5.17. The topological polar surface area (TPSA) is 213 Å². The van der Waals surface area contributed by atoms with E-state index in [2.05, 4.69) is 10.3 Å². The SMILES string of the molecule is COc1ccc(C(OC[C@@H]2O[C@H](n3ccc(=O)[nH]c3=O)C(OCC(=O)NCCNC(=O)C(F)(F)F)C2OP(=O)(OCCC#N)N(C(C)C)C(C)C)(c2ccccc2)c2ccccc2)cc1. The summed E-state index contributed by atoms with van der Waals surface area (Å²) in [6.07, 6.45) is -10.0. The highest BCUT2D eigenvalue weighted by atomic mass is 31.2. The Kier molecular flexibility index (Phi) is 17.4. The van der Waals surface area contributed by atoms with Gasteiger partial charge in [-0.25, -0.2) is 14.0 Å². The number of ether oxygens (including phenoxy) is 4. The number of hydrogen-bond acceptors (Lipinski definition) is 12. The molecular formula is C44H52F3N6O11P. The van der Waals surface area contributed by atoms with Crippen molar-refractivity contribution in [2.24, 2.45) is 0 Å². The standard InChI is InChI=1S/C44H52F3N6O11P/c1-29(2)53(30(3)4)65(58,62-26-12-22-48)64-38-35(27-61-43(31-13-8-6-9-14-31,32-15-10-7-11-16-32)33-17-19-34(59-5)20-18-33)63-40(52-25-21-36(54)51-42(52)57)39(38)60-28-37(55)49-23-24-50-41(56)44(45,46)47/h6-11,13-21,25,29-30,35,38-40H,12,23-24,26-28H2,1-5H3,(H,49,55)(H,50,56)(H,51,54,57)/t35-,38?,39?,40-,65?/m0/s1. The molecule has 0 radical (unpaired) electrons. The third-order valence-corrected chi connectivity index (χ3v) is 12.7. The van der Waals surface area contributed by atoms with Crippen LogP contribution in [0.15, 0.2) is 107 Å². The van der Waals surface area contributed by atoms with Gasteiger partial charge in [0.05, 0.1) is 32.8 Å². The summed E-state index contributed by atoms with van der Waals surface area (Å²) in [5.41, 5.74) is -1.03. The van der Waals surface area contributed by atoms with E-state index in [0.717, 1.165) is 16.8 Å². The van der Waals surface area contributed by atoms with Crippen LogP contribution in [0.1, 0.15) is 57.0 Å². The summed E-state index contributed by atoms with van der Waals surface area (Å²) in [6.45, 7) is 4.53. The van der Waals surface area contributed by atoms with Crippen LogP contribution in [-0.2, 0) is 43.0 Å². The van der Waals surface area contributed by atoms with Gasteiger partial charge in [-0.3, -0.25) is 33.0 Å². The number of methoxy groups -OCH3 is 1. The third-order valence-electron chi connectivity index (χ3n) is 10.2. The number of aromatic nitrogens is 2. The Bertz CT molecular complexity index is 2350. The smallest absolute Gasteiger partial charge is 0.471 e. The average molecular weight is 929 g/mol. The molecule has 0 bridgehead atoms. The van der Waals surface area contributed by atoms with Gasteiger partial charge in [-0.2, -0.15) is 18.4 Å². The minimum atomic E-state index is -5.13. The maximum absolute atomic E-state index is 15.3. The fourth-order valence-corrected chi connectivity index (χ4v) is 9.82. The van der Waals surface area contributed by atoms with Crippen LogP contribution in [0.3, 0.4) is 0 Å². The number of nitrogens with one attached hydrogen (secondary N) is 3. The van der Waals surface area contributed by atoms with Gasteiger partial charge < -0.3 is 29.6 Å². The molecule has 0 saturated carbocycles. The first kappa shape index (κ1) is 50.4. The molecule has 5 rings (SSSR count). The van der Waals surface area contributed by atoms with Gasteiger partial charge in [0.2, 0.25) is 5.91 Å². The van der Waals surface area contributed by atoms with Gasteiger partial charge in [-0.15, -0.1) is 0 Å². The summed E-state index contributed by atoms with van der Waals surface area (Å²) in [5.74, 6) is -2.47. The Morgan fingerprint density at radius 1 is 0.892 bits per heavy atom. The normalized spacial score (nSPS) is 18.6. The summed E-state index contributed by atoms with van der Waals surface area (Å²) >= 11 is 0. The van der Waals surface area contributed by atoms with E-state index < -0.39 is 98.9 Å². The van der Waals surface area contributed by atoms with Crippen LogP contribution in [0.2, 0.25) is 0 Å². The minimum Gasteiger partial charge on any atom is -0.497 e. The molecule has 1 aliphatic rings. The number of halogens is 3. The Labute approximate surface area is 373 Å². The second-order valence-corrected chi connectivity index (χ2v) is 17.1. The van der Waals surface area contributed by atoms with Gasteiger partial charge in [0.1, 0.15) is 36.3 Å². The van der Waals surface area contributed by atoms with Crippen molar-refractivity contribution >= 4 is 19.6 Å². The van der Waals surface area contributed by atoms with E-state index in [0.29, 0.717) is 22.4 Å². The monoisotopic (exact) mass is 928 g/mol. The molecule has 1 saturated heterocycles. The van der Waals surface area contributed by atoms with Crippen molar-refractivity contribution in [2.45, 2.75) is 82.5 Å². The lowest BCUT2D eigenvalue weighted by Crippen LogP contribution is -2.45. The van der Waals surface area contributed by atoms with Crippen molar-refractivity contribution in [1.82, 2.24) is 24.9 Å². The summed E-state index contributed by atoms with van der Waals surface area (Å²) in [7, 11) is -2.96. The zero-order valence-electron chi connectivity index (χ0n) is 36.4. The van der Waals surface area contributed by atoms with Crippen LogP contribution in [0.5, 0.6) is 5.75 Å². The Balaban J connectivity index is 1.63. The van der Waals surface area contributed by atoms with Crippen LogP contribution >= 0.6 is 7.75 Å². The van der Waals surface area contributed by atoms with Gasteiger partial charge in [-0.1, -0.05) is 72.8 Å². The Morgan fingerprint density at radius 3 is 2.02 bits per heavy atom. The van der Waals surface area contributed by atoms with Crippen molar-refractivity contribution in [3.8, 4) is 11.8 Å². The average Bonchev–Trinajstić information content (AvgIpc) is 3.60. The highest BCUT2D eigenvalue weighted by Gasteiger charge is 2.54. The Hall–Kier alpha value is -5.65. The van der Waals surface area contributed by atoms with Gasteiger partial charge >= 0.3 is 25.5 Å². The molecule has 3 aromatic carbocycles. The Morgan fingerprint density at radius 2 is 1.48 bits per heavy atom. The number of alkyl halides is 3. The number of nitrogens with zero attached hydrogens (tertiary/aromatic N) is 3. The van der Waals surface area contributed by atoms with E-state index in [1.165, 1.54) is 11.8 Å². The van der Waals surface area contributed by atoms with Crippen LogP contribution in [0.25, 0.3) is 0 Å². The van der Waals surface area contributed by atoms with Crippen molar-refractivity contribution in [3.63, 3.8) is 0 Å². The lowest BCUT2D eigenvalue weighted by atomic mass is 9.80.